The molecule has 1 fully saturated rings. The van der Waals surface area contributed by atoms with Crippen molar-refractivity contribution in [3.63, 3.8) is 0 Å². The number of carbonyl (C=O) groups excluding carboxylic acids is 1. The Hall–Kier alpha value is -4.34. The summed E-state index contributed by atoms with van der Waals surface area (Å²) >= 11 is 0. The molecule has 5 rings (SSSR count). The zero-order valence-electron chi connectivity index (χ0n) is 24.3. The van der Waals surface area contributed by atoms with Gasteiger partial charge in [-0.2, -0.15) is 13.2 Å². The number of nitrogens with zero attached hydrogens (tertiary/aromatic N) is 3. The molecule has 2 aromatic heterocycles. The first-order chi connectivity index (χ1) is 20.4. The summed E-state index contributed by atoms with van der Waals surface area (Å²) in [6, 6.07) is 14.0. The number of fused-ring (bicyclic) bond motifs is 1. The Balaban J connectivity index is 1.44. The number of carbonyl (C=O) groups is 2. The summed E-state index contributed by atoms with van der Waals surface area (Å²) in [4.78, 5) is 31.3. The van der Waals surface area contributed by atoms with Crippen LogP contribution in [-0.4, -0.2) is 32.6 Å². The Morgan fingerprint density at radius 3 is 2.47 bits per heavy atom. The summed E-state index contributed by atoms with van der Waals surface area (Å²) in [5, 5.41) is 11.0. The number of aromatic nitrogens is 2. The van der Waals surface area contributed by atoms with Gasteiger partial charge in [0.15, 0.2) is 0 Å². The smallest absolute Gasteiger partial charge is 0.421 e. The van der Waals surface area contributed by atoms with Gasteiger partial charge in [0.05, 0.1) is 11.3 Å². The maximum atomic E-state index is 14.2. The lowest BCUT2D eigenvalue weighted by atomic mass is 9.82. The summed E-state index contributed by atoms with van der Waals surface area (Å²) in [5.41, 5.74) is 0.0635. The molecule has 0 spiro atoms. The molecule has 0 radical (unpaired) electrons. The third-order valence-electron chi connectivity index (χ3n) is 8.04. The summed E-state index contributed by atoms with van der Waals surface area (Å²) in [6.45, 7) is 5.92. The van der Waals surface area contributed by atoms with Crippen molar-refractivity contribution >= 4 is 28.5 Å². The third kappa shape index (κ3) is 6.53. The second-order valence-electron chi connectivity index (χ2n) is 11.5. The number of rotatable bonds is 8. The number of para-hydroxylation sites is 1. The fourth-order valence-corrected chi connectivity index (χ4v) is 5.77. The molecule has 1 N–H and O–H groups in total. The van der Waals surface area contributed by atoms with Gasteiger partial charge in [-0.1, -0.05) is 25.1 Å². The Morgan fingerprint density at radius 1 is 1.07 bits per heavy atom. The molecule has 1 amide bonds. The van der Waals surface area contributed by atoms with Crippen LogP contribution in [0, 0.1) is 11.8 Å². The number of amides is 1. The molecule has 1 aliphatic rings. The molecule has 0 atom stereocenters. The van der Waals surface area contributed by atoms with Gasteiger partial charge >= 0.3 is 12.1 Å². The lowest BCUT2D eigenvalue weighted by molar-refractivity contribution is -0.139. The molecule has 4 aromatic rings. The average molecular weight is 594 g/mol. The van der Waals surface area contributed by atoms with Gasteiger partial charge in [-0.15, -0.1) is 0 Å². The molecule has 1 saturated carbocycles. The summed E-state index contributed by atoms with van der Waals surface area (Å²) in [5.74, 6) is -1.96. The Morgan fingerprint density at radius 2 is 1.79 bits per heavy atom. The highest BCUT2D eigenvalue weighted by Crippen LogP contribution is 2.39. The van der Waals surface area contributed by atoms with Crippen molar-refractivity contribution < 1.29 is 32.6 Å². The van der Waals surface area contributed by atoms with Gasteiger partial charge < -0.3 is 19.3 Å². The van der Waals surface area contributed by atoms with Crippen LogP contribution in [-0.2, 0) is 17.5 Å². The molecular formula is C33H34F3N3O4. The topological polar surface area (TPSA) is 84.7 Å². The maximum absolute atomic E-state index is 14.2. The van der Waals surface area contributed by atoms with Gasteiger partial charge in [0, 0.05) is 36.4 Å². The van der Waals surface area contributed by atoms with Crippen molar-refractivity contribution in [3.8, 4) is 11.6 Å². The lowest BCUT2D eigenvalue weighted by Gasteiger charge is -2.34. The van der Waals surface area contributed by atoms with Crippen LogP contribution in [0.25, 0.3) is 10.9 Å². The van der Waals surface area contributed by atoms with Crippen molar-refractivity contribution in [1.82, 2.24) is 9.55 Å². The average Bonchev–Trinajstić information content (AvgIpc) is 3.36. The minimum Gasteiger partial charge on any atom is -0.478 e. The van der Waals surface area contributed by atoms with E-state index in [1.807, 2.05) is 34.9 Å². The molecule has 2 heterocycles. The number of ether oxygens (including phenoxy) is 1. The molecule has 1 aliphatic carbocycles. The van der Waals surface area contributed by atoms with E-state index in [0.29, 0.717) is 11.5 Å². The second-order valence-corrected chi connectivity index (χ2v) is 11.5. The highest BCUT2D eigenvalue weighted by Gasteiger charge is 2.37. The number of hydrogen-bond donors (Lipinski definition) is 1. The SMILES string of the molecule is CC(C)N(c1ccc(Oc2ncc(Cn3ccc4ccccc43)cc2C(F)(F)F)cc1C(=O)O)C(=O)[C@H]1CC[C@H](C)CC1. The van der Waals surface area contributed by atoms with Crippen molar-refractivity contribution in [2.45, 2.75) is 65.2 Å². The van der Waals surface area contributed by atoms with E-state index in [0.717, 1.165) is 48.7 Å². The fourth-order valence-electron chi connectivity index (χ4n) is 5.77. The van der Waals surface area contributed by atoms with Gasteiger partial charge in [-0.3, -0.25) is 4.79 Å². The summed E-state index contributed by atoms with van der Waals surface area (Å²) < 4.78 is 49.9. The molecule has 10 heteroatoms. The van der Waals surface area contributed by atoms with E-state index >= 15 is 0 Å². The van der Waals surface area contributed by atoms with E-state index in [9.17, 15) is 27.9 Å². The number of carboxylic acids is 1. The highest BCUT2D eigenvalue weighted by atomic mass is 19.4. The van der Waals surface area contributed by atoms with Crippen LogP contribution in [0.1, 0.15) is 67.9 Å². The minimum absolute atomic E-state index is 0.133. The van der Waals surface area contributed by atoms with Crippen molar-refractivity contribution in [2.24, 2.45) is 11.8 Å². The molecule has 226 valence electrons. The quantitative estimate of drug-likeness (QED) is 0.223. The number of hydrogen-bond acceptors (Lipinski definition) is 4. The van der Waals surface area contributed by atoms with Crippen LogP contribution in [0.3, 0.4) is 0 Å². The van der Waals surface area contributed by atoms with Crippen LogP contribution in [0.15, 0.2) is 67.0 Å². The Kier molecular flexibility index (Phi) is 8.48. The Bertz CT molecular complexity index is 1640. The maximum Gasteiger partial charge on any atom is 0.421 e. The Labute approximate surface area is 247 Å². The highest BCUT2D eigenvalue weighted by molar-refractivity contribution is 6.03. The number of pyridine rings is 1. The zero-order valence-corrected chi connectivity index (χ0v) is 24.3. The monoisotopic (exact) mass is 593 g/mol. The van der Waals surface area contributed by atoms with Crippen LogP contribution in [0.4, 0.5) is 18.9 Å². The van der Waals surface area contributed by atoms with Gasteiger partial charge in [-0.05, 0) is 92.8 Å². The predicted octanol–water partition coefficient (Wildman–Crippen LogP) is 8.16. The van der Waals surface area contributed by atoms with E-state index in [-0.39, 0.29) is 41.4 Å². The van der Waals surface area contributed by atoms with Crippen molar-refractivity contribution in [1.29, 1.82) is 0 Å². The molecule has 0 bridgehead atoms. The van der Waals surface area contributed by atoms with E-state index in [1.54, 1.807) is 20.0 Å². The summed E-state index contributed by atoms with van der Waals surface area (Å²) in [6.07, 6.45) is 1.66. The third-order valence-corrected chi connectivity index (χ3v) is 8.04. The van der Waals surface area contributed by atoms with Crippen molar-refractivity contribution in [2.75, 3.05) is 4.90 Å². The number of carboxylic acid groups (broad SMARTS) is 1. The predicted molar refractivity (Wildman–Crippen MR) is 157 cm³/mol. The lowest BCUT2D eigenvalue weighted by Crippen LogP contribution is -2.42. The van der Waals surface area contributed by atoms with Gasteiger partial charge in [0.25, 0.3) is 0 Å². The molecule has 0 saturated heterocycles. The van der Waals surface area contributed by atoms with E-state index in [1.165, 1.54) is 23.2 Å². The molecular weight excluding hydrogens is 559 g/mol. The number of benzene rings is 2. The normalized spacial score (nSPS) is 17.3. The standard InChI is InChI=1S/C33H34F3N3O4/c1-20(2)39(31(40)24-10-8-21(3)9-11-24)29-13-12-25(17-26(29)32(41)42)43-30-27(33(34,35)36)16-22(18-37-30)19-38-15-14-23-6-4-5-7-28(23)38/h4-7,12-18,20-21,24H,8-11,19H2,1-3H3,(H,41,42)/t21-,24-. The van der Waals surface area contributed by atoms with Crippen LogP contribution in [0.5, 0.6) is 11.6 Å². The molecule has 43 heavy (non-hydrogen) atoms. The van der Waals surface area contributed by atoms with Gasteiger partial charge in [-0.25, -0.2) is 9.78 Å². The second kappa shape index (κ2) is 12.1. The molecule has 0 aliphatic heterocycles. The molecule has 7 nitrogen and oxygen atoms in total. The van der Waals surface area contributed by atoms with Crippen LogP contribution in [0.2, 0.25) is 0 Å². The van der Waals surface area contributed by atoms with E-state index in [2.05, 4.69) is 11.9 Å². The van der Waals surface area contributed by atoms with Gasteiger partial charge in [0.1, 0.15) is 11.3 Å². The number of alkyl halides is 3. The van der Waals surface area contributed by atoms with Gasteiger partial charge in [0.2, 0.25) is 11.8 Å². The number of halogens is 3. The first kappa shape index (κ1) is 30.1. The first-order valence-electron chi connectivity index (χ1n) is 14.4. The van der Waals surface area contributed by atoms with E-state index < -0.39 is 23.6 Å². The summed E-state index contributed by atoms with van der Waals surface area (Å²) in [7, 11) is 0. The van der Waals surface area contributed by atoms with E-state index in [4.69, 9.17) is 4.74 Å². The fraction of sp³-hybridized carbons (Fsp3) is 0.364. The minimum atomic E-state index is -4.77. The largest absolute Gasteiger partial charge is 0.478 e. The number of aromatic carboxylic acids is 1. The number of anilines is 1. The van der Waals surface area contributed by atoms with Crippen molar-refractivity contribution in [3.05, 3.63) is 83.7 Å². The zero-order chi connectivity index (χ0) is 30.9. The molecule has 2 aromatic carbocycles. The van der Waals surface area contributed by atoms with Crippen LogP contribution >= 0.6 is 0 Å². The van der Waals surface area contributed by atoms with Crippen LogP contribution < -0.4 is 9.64 Å². The first-order valence-corrected chi connectivity index (χ1v) is 14.4. The molecule has 0 unspecified atom stereocenters.